The smallest absolute Gasteiger partial charge is 0.310 e. The van der Waals surface area contributed by atoms with Crippen molar-refractivity contribution < 1.29 is 28.7 Å². The molecule has 0 aliphatic rings. The first-order valence-corrected chi connectivity index (χ1v) is 12.1. The highest BCUT2D eigenvalue weighted by atomic mass is 35.5. The molecule has 0 spiro atoms. The predicted octanol–water partition coefficient (Wildman–Crippen LogP) is 3.02. The maximum atomic E-state index is 12.7. The van der Waals surface area contributed by atoms with E-state index >= 15 is 0 Å². The number of amides is 2. The van der Waals surface area contributed by atoms with E-state index in [-0.39, 0.29) is 31.3 Å². The lowest BCUT2D eigenvalue weighted by atomic mass is 9.98. The highest BCUT2D eigenvalue weighted by Crippen LogP contribution is 2.26. The summed E-state index contributed by atoms with van der Waals surface area (Å²) in [6, 6.07) is 9.93. The molecule has 0 saturated heterocycles. The van der Waals surface area contributed by atoms with Crippen LogP contribution in [0.5, 0.6) is 0 Å². The average Bonchev–Trinajstić information content (AvgIpc) is 2.84. The molecule has 0 heterocycles. The van der Waals surface area contributed by atoms with Crippen LogP contribution in [0.15, 0.2) is 42.5 Å². The molecule has 13 heteroatoms. The number of hydrogen-bond donors (Lipinski definition) is 5. The van der Waals surface area contributed by atoms with Crippen molar-refractivity contribution >= 4 is 58.9 Å². The monoisotopic (exact) mass is 565 g/mol. The van der Waals surface area contributed by atoms with E-state index < -0.39 is 35.8 Å². The summed E-state index contributed by atoms with van der Waals surface area (Å²) in [6.45, 7) is 2.64. The third-order valence-corrected chi connectivity index (χ3v) is 5.34. The summed E-state index contributed by atoms with van der Waals surface area (Å²) in [5, 5.41) is 15.6. The molecule has 0 aliphatic carbocycles. The van der Waals surface area contributed by atoms with Crippen molar-refractivity contribution in [2.75, 3.05) is 25.3 Å². The van der Waals surface area contributed by atoms with Gasteiger partial charge in [-0.1, -0.05) is 43.1 Å². The lowest BCUT2D eigenvalue weighted by Gasteiger charge is -2.20. The van der Waals surface area contributed by atoms with Crippen molar-refractivity contribution in [3.8, 4) is 0 Å². The Balaban J connectivity index is 2.01. The van der Waals surface area contributed by atoms with E-state index in [9.17, 15) is 19.2 Å². The molecule has 0 aromatic heterocycles. The van der Waals surface area contributed by atoms with Gasteiger partial charge in [0.25, 0.3) is 5.91 Å². The van der Waals surface area contributed by atoms with Gasteiger partial charge in [-0.15, -0.1) is 0 Å². The fourth-order valence-corrected chi connectivity index (χ4v) is 3.64. The van der Waals surface area contributed by atoms with Crippen LogP contribution in [0.3, 0.4) is 0 Å². The number of rotatable bonds is 13. The highest BCUT2D eigenvalue weighted by molar-refractivity contribution is 6.34. The highest BCUT2D eigenvalue weighted by Gasteiger charge is 2.22. The minimum Gasteiger partial charge on any atom is -0.438 e. The predicted molar refractivity (Wildman–Crippen MR) is 143 cm³/mol. The number of nitrogens with one attached hydrogen (secondary N) is 4. The molecule has 0 bridgehead atoms. The molecule has 6 N–H and O–H groups in total. The number of aldehydes is 1. The molecular formula is C25H29Cl2N5O6. The molecule has 1 unspecified atom stereocenters. The Morgan fingerprint density at radius 3 is 2.45 bits per heavy atom. The minimum atomic E-state index is -0.877. The van der Waals surface area contributed by atoms with Gasteiger partial charge in [0, 0.05) is 26.7 Å². The summed E-state index contributed by atoms with van der Waals surface area (Å²) in [5.41, 5.74) is 5.70. The van der Waals surface area contributed by atoms with Crippen molar-refractivity contribution in [3.05, 3.63) is 63.6 Å². The van der Waals surface area contributed by atoms with Gasteiger partial charge in [0.05, 0.1) is 25.6 Å². The number of esters is 1. The molecule has 0 saturated carbocycles. The molecule has 2 rings (SSSR count). The SMILES string of the molecule is CC(C)(C=O)COCOC(=O)CC(NC(=O)CNC(=O)c1cccc(NC(=N)N)c1)c1cc(Cl)cc(Cl)c1. The van der Waals surface area contributed by atoms with E-state index in [1.165, 1.54) is 18.2 Å². The summed E-state index contributed by atoms with van der Waals surface area (Å²) in [7, 11) is 0. The molecule has 2 aromatic rings. The van der Waals surface area contributed by atoms with Crippen LogP contribution < -0.4 is 21.7 Å². The number of nitrogens with two attached hydrogens (primary N) is 1. The standard InChI is InChI=1S/C25H29Cl2N5O6/c1-25(2,12-33)13-37-14-38-22(35)10-20(16-6-17(26)9-18(27)7-16)32-21(34)11-30-23(36)15-4-3-5-19(8-15)31-24(28)29/h3-9,12,20H,10-11,13-14H2,1-2H3,(H,30,36)(H,32,34)(H4,28,29,31). The van der Waals surface area contributed by atoms with Crippen molar-refractivity contribution in [1.82, 2.24) is 10.6 Å². The first-order chi connectivity index (χ1) is 17.9. The zero-order valence-electron chi connectivity index (χ0n) is 20.8. The molecule has 1 atom stereocenters. The molecule has 2 aromatic carbocycles. The summed E-state index contributed by atoms with van der Waals surface area (Å²) < 4.78 is 10.3. The molecule has 2 amide bonds. The second kappa shape index (κ2) is 14.3. The minimum absolute atomic E-state index is 0.0568. The van der Waals surface area contributed by atoms with E-state index in [0.717, 1.165) is 6.29 Å². The number of halogens is 2. The van der Waals surface area contributed by atoms with Crippen LogP contribution in [0.25, 0.3) is 0 Å². The zero-order valence-corrected chi connectivity index (χ0v) is 22.3. The van der Waals surface area contributed by atoms with Gasteiger partial charge in [-0.05, 0) is 42.0 Å². The second-order valence-electron chi connectivity index (χ2n) is 8.92. The number of hydrogen-bond acceptors (Lipinski definition) is 7. The molecule has 0 radical (unpaired) electrons. The lowest BCUT2D eigenvalue weighted by Crippen LogP contribution is -2.39. The van der Waals surface area contributed by atoms with Gasteiger partial charge >= 0.3 is 5.97 Å². The van der Waals surface area contributed by atoms with Crippen LogP contribution >= 0.6 is 23.2 Å². The van der Waals surface area contributed by atoms with Gasteiger partial charge in [0.1, 0.15) is 6.29 Å². The van der Waals surface area contributed by atoms with Gasteiger partial charge < -0.3 is 36.0 Å². The fourth-order valence-electron chi connectivity index (χ4n) is 3.10. The Labute approximate surface area is 229 Å². The second-order valence-corrected chi connectivity index (χ2v) is 9.79. The molecule has 0 aliphatic heterocycles. The van der Waals surface area contributed by atoms with Crippen molar-refractivity contribution in [1.29, 1.82) is 5.41 Å². The Bertz CT molecular complexity index is 1170. The number of carbonyl (C=O) groups excluding carboxylic acids is 4. The number of anilines is 1. The fraction of sp³-hybridized carbons (Fsp3) is 0.320. The third kappa shape index (κ3) is 10.8. The van der Waals surface area contributed by atoms with Crippen LogP contribution in [0.1, 0.15) is 42.2 Å². The number of guanidine groups is 1. The summed E-state index contributed by atoms with van der Waals surface area (Å²) >= 11 is 12.2. The Morgan fingerprint density at radius 1 is 1.13 bits per heavy atom. The van der Waals surface area contributed by atoms with E-state index in [2.05, 4.69) is 16.0 Å². The zero-order chi connectivity index (χ0) is 28.3. The average molecular weight is 566 g/mol. The van der Waals surface area contributed by atoms with Crippen LogP contribution in [-0.4, -0.2) is 50.0 Å². The molecule has 0 fully saturated rings. The van der Waals surface area contributed by atoms with Crippen LogP contribution in [0.4, 0.5) is 5.69 Å². The summed E-state index contributed by atoms with van der Waals surface area (Å²) in [5.74, 6) is -2.10. The van der Waals surface area contributed by atoms with Crippen molar-refractivity contribution in [2.45, 2.75) is 26.3 Å². The Hall–Kier alpha value is -3.67. The molecule has 38 heavy (non-hydrogen) atoms. The van der Waals surface area contributed by atoms with E-state index in [4.69, 9.17) is 43.8 Å². The van der Waals surface area contributed by atoms with Gasteiger partial charge in [-0.2, -0.15) is 0 Å². The van der Waals surface area contributed by atoms with Gasteiger partial charge in [-0.3, -0.25) is 19.8 Å². The maximum absolute atomic E-state index is 12.7. The number of benzene rings is 2. The molecular weight excluding hydrogens is 537 g/mol. The van der Waals surface area contributed by atoms with Crippen molar-refractivity contribution in [3.63, 3.8) is 0 Å². The van der Waals surface area contributed by atoms with Gasteiger partial charge in [0.15, 0.2) is 12.8 Å². The topological polar surface area (TPSA) is 173 Å². The Morgan fingerprint density at radius 2 is 1.82 bits per heavy atom. The largest absolute Gasteiger partial charge is 0.438 e. The van der Waals surface area contributed by atoms with Crippen LogP contribution in [0.2, 0.25) is 10.0 Å². The van der Waals surface area contributed by atoms with Crippen LogP contribution in [0, 0.1) is 10.8 Å². The first-order valence-electron chi connectivity index (χ1n) is 11.3. The molecule has 204 valence electrons. The summed E-state index contributed by atoms with van der Waals surface area (Å²) in [4.78, 5) is 48.6. The van der Waals surface area contributed by atoms with Gasteiger partial charge in [0.2, 0.25) is 5.91 Å². The quantitative estimate of drug-likeness (QED) is 0.0615. The lowest BCUT2D eigenvalue weighted by molar-refractivity contribution is -0.159. The number of ether oxygens (including phenoxy) is 2. The van der Waals surface area contributed by atoms with E-state index in [1.54, 1.807) is 38.1 Å². The van der Waals surface area contributed by atoms with E-state index in [0.29, 0.717) is 21.3 Å². The third-order valence-electron chi connectivity index (χ3n) is 4.90. The maximum Gasteiger partial charge on any atom is 0.310 e. The van der Waals surface area contributed by atoms with Gasteiger partial charge in [-0.25, -0.2) is 0 Å². The normalized spacial score (nSPS) is 11.7. The Kier molecular flexibility index (Phi) is 11.5. The first kappa shape index (κ1) is 30.6. The molecule has 11 nitrogen and oxygen atoms in total. The van der Waals surface area contributed by atoms with Crippen molar-refractivity contribution in [2.24, 2.45) is 11.1 Å². The van der Waals surface area contributed by atoms with E-state index in [1.807, 2.05) is 0 Å². The summed E-state index contributed by atoms with van der Waals surface area (Å²) in [6.07, 6.45) is 0.456. The van der Waals surface area contributed by atoms with Crippen LogP contribution in [-0.2, 0) is 23.9 Å². The number of carbonyl (C=O) groups is 4.